The summed E-state index contributed by atoms with van der Waals surface area (Å²) in [5, 5.41) is 2.51. The number of nitrogens with zero attached hydrogens (tertiary/aromatic N) is 1. The second-order valence-corrected chi connectivity index (χ2v) is 6.99. The van der Waals surface area contributed by atoms with Crippen LogP contribution in [0.25, 0.3) is 0 Å². The van der Waals surface area contributed by atoms with E-state index in [0.717, 1.165) is 4.31 Å². The summed E-state index contributed by atoms with van der Waals surface area (Å²) in [5.41, 5.74) is 0.342. The van der Waals surface area contributed by atoms with E-state index in [-0.39, 0.29) is 18.0 Å². The molecule has 0 spiro atoms. The van der Waals surface area contributed by atoms with E-state index in [0.29, 0.717) is 5.56 Å². The fourth-order valence-corrected chi connectivity index (χ4v) is 3.10. The van der Waals surface area contributed by atoms with Crippen LogP contribution in [0.3, 0.4) is 0 Å². The van der Waals surface area contributed by atoms with Crippen LogP contribution in [0.4, 0.5) is 4.39 Å². The van der Waals surface area contributed by atoms with Crippen molar-refractivity contribution in [2.75, 3.05) is 13.6 Å². The smallest absolute Gasteiger partial charge is 0.243 e. The maximum absolute atomic E-state index is 13.5. The Labute approximate surface area is 134 Å². The molecule has 0 fully saturated rings. The van der Waals surface area contributed by atoms with Gasteiger partial charge in [0.15, 0.2) is 0 Å². The van der Waals surface area contributed by atoms with Crippen LogP contribution in [0.1, 0.15) is 5.56 Å². The van der Waals surface area contributed by atoms with Gasteiger partial charge in [0.2, 0.25) is 15.9 Å². The van der Waals surface area contributed by atoms with Crippen molar-refractivity contribution in [2.45, 2.75) is 11.4 Å². The van der Waals surface area contributed by atoms with Gasteiger partial charge in [0, 0.05) is 19.2 Å². The first-order valence-corrected chi connectivity index (χ1v) is 8.37. The zero-order valence-corrected chi connectivity index (χ0v) is 13.4. The van der Waals surface area contributed by atoms with Crippen LogP contribution in [0.15, 0.2) is 59.5 Å². The quantitative estimate of drug-likeness (QED) is 0.874. The fourth-order valence-electron chi connectivity index (χ4n) is 1.95. The van der Waals surface area contributed by atoms with E-state index in [9.17, 15) is 17.6 Å². The zero-order chi connectivity index (χ0) is 16.9. The second-order valence-electron chi connectivity index (χ2n) is 4.94. The number of carbonyl (C=O) groups excluding carboxylic acids is 1. The van der Waals surface area contributed by atoms with Gasteiger partial charge in [-0.2, -0.15) is 4.31 Å². The number of hydrogen-bond donors (Lipinski definition) is 1. The highest BCUT2D eigenvalue weighted by Gasteiger charge is 2.22. The minimum atomic E-state index is -3.73. The van der Waals surface area contributed by atoms with Gasteiger partial charge in [0.05, 0.1) is 11.4 Å². The van der Waals surface area contributed by atoms with Gasteiger partial charge < -0.3 is 5.32 Å². The van der Waals surface area contributed by atoms with Crippen LogP contribution in [-0.2, 0) is 21.4 Å². The molecule has 122 valence electrons. The van der Waals surface area contributed by atoms with E-state index in [1.54, 1.807) is 36.4 Å². The highest BCUT2D eigenvalue weighted by molar-refractivity contribution is 7.89. The number of rotatable bonds is 6. The molecular weight excluding hydrogens is 319 g/mol. The average Bonchev–Trinajstić information content (AvgIpc) is 2.55. The molecule has 0 aromatic heterocycles. The summed E-state index contributed by atoms with van der Waals surface area (Å²) in [6.07, 6.45) is 0. The molecule has 5 nitrogen and oxygen atoms in total. The number of halogens is 1. The molecule has 0 bridgehead atoms. The Bertz CT molecular complexity index is 779. The molecule has 1 N–H and O–H groups in total. The molecular formula is C16H17FN2O3S. The largest absolute Gasteiger partial charge is 0.351 e. The summed E-state index contributed by atoms with van der Waals surface area (Å²) in [5.74, 6) is -0.923. The summed E-state index contributed by atoms with van der Waals surface area (Å²) in [6, 6.07) is 13.9. The lowest BCUT2D eigenvalue weighted by Gasteiger charge is -2.17. The number of amides is 1. The highest BCUT2D eigenvalue weighted by atomic mass is 32.2. The first-order valence-electron chi connectivity index (χ1n) is 6.93. The average molecular weight is 336 g/mol. The monoisotopic (exact) mass is 336 g/mol. The van der Waals surface area contributed by atoms with Crippen LogP contribution in [0.2, 0.25) is 0 Å². The number of hydrogen-bond acceptors (Lipinski definition) is 3. The molecule has 0 aliphatic heterocycles. The summed E-state index contributed by atoms with van der Waals surface area (Å²) in [4.78, 5) is 12.0. The molecule has 0 atom stereocenters. The van der Waals surface area contributed by atoms with Gasteiger partial charge in [-0.1, -0.05) is 36.4 Å². The van der Waals surface area contributed by atoms with E-state index < -0.39 is 21.7 Å². The van der Waals surface area contributed by atoms with Crippen molar-refractivity contribution in [3.8, 4) is 0 Å². The Morgan fingerprint density at radius 3 is 2.35 bits per heavy atom. The summed E-state index contributed by atoms with van der Waals surface area (Å²) in [6.45, 7) is -0.337. The number of carbonyl (C=O) groups is 1. The van der Waals surface area contributed by atoms with Crippen molar-refractivity contribution >= 4 is 15.9 Å². The lowest BCUT2D eigenvalue weighted by molar-refractivity contribution is -0.121. The predicted octanol–water partition coefficient (Wildman–Crippen LogP) is 1.76. The predicted molar refractivity (Wildman–Crippen MR) is 84.5 cm³/mol. The van der Waals surface area contributed by atoms with Gasteiger partial charge in [0.25, 0.3) is 0 Å². The van der Waals surface area contributed by atoms with E-state index in [1.165, 1.54) is 25.2 Å². The molecule has 0 saturated carbocycles. The summed E-state index contributed by atoms with van der Waals surface area (Å²) in [7, 11) is -2.40. The molecule has 2 rings (SSSR count). The first-order chi connectivity index (χ1) is 10.9. The number of nitrogens with one attached hydrogen (secondary N) is 1. The molecule has 1 amide bonds. The molecule has 0 radical (unpaired) electrons. The molecule has 2 aromatic carbocycles. The van der Waals surface area contributed by atoms with E-state index in [1.807, 2.05) is 0 Å². The standard InChI is InChI=1S/C16H17FN2O3S/c1-19(23(21,22)14-8-3-2-4-9-14)12-16(20)18-11-13-7-5-6-10-15(13)17/h2-10H,11-12H2,1H3,(H,18,20). The van der Waals surface area contributed by atoms with Crippen molar-refractivity contribution in [2.24, 2.45) is 0 Å². The Morgan fingerprint density at radius 1 is 1.09 bits per heavy atom. The summed E-state index contributed by atoms with van der Waals surface area (Å²) < 4.78 is 39.0. The maximum atomic E-state index is 13.5. The fraction of sp³-hybridized carbons (Fsp3) is 0.188. The third-order valence-corrected chi connectivity index (χ3v) is 5.07. The SMILES string of the molecule is CN(CC(=O)NCc1ccccc1F)S(=O)(=O)c1ccccc1. The van der Waals surface area contributed by atoms with Gasteiger partial charge >= 0.3 is 0 Å². The molecule has 0 saturated heterocycles. The summed E-state index contributed by atoms with van der Waals surface area (Å²) >= 11 is 0. The van der Waals surface area contributed by atoms with Gasteiger partial charge in [-0.05, 0) is 18.2 Å². The van der Waals surface area contributed by atoms with Gasteiger partial charge in [-0.15, -0.1) is 0 Å². The Kier molecular flexibility index (Phi) is 5.46. The molecule has 0 unspecified atom stereocenters. The molecule has 23 heavy (non-hydrogen) atoms. The maximum Gasteiger partial charge on any atom is 0.243 e. The molecule has 2 aromatic rings. The van der Waals surface area contributed by atoms with Gasteiger partial charge in [0.1, 0.15) is 5.82 Å². The molecule has 7 heteroatoms. The van der Waals surface area contributed by atoms with Crippen molar-refractivity contribution in [1.82, 2.24) is 9.62 Å². The van der Waals surface area contributed by atoms with Crippen LogP contribution in [0.5, 0.6) is 0 Å². The minimum absolute atomic E-state index is 0.00469. The topological polar surface area (TPSA) is 66.5 Å². The third-order valence-electron chi connectivity index (χ3n) is 3.25. The highest BCUT2D eigenvalue weighted by Crippen LogP contribution is 2.13. The second kappa shape index (κ2) is 7.34. The number of likely N-dealkylation sites (N-methyl/N-ethyl adjacent to an activating group) is 1. The lowest BCUT2D eigenvalue weighted by atomic mass is 10.2. The normalized spacial score (nSPS) is 11.4. The van der Waals surface area contributed by atoms with Gasteiger partial charge in [-0.3, -0.25) is 4.79 Å². The third kappa shape index (κ3) is 4.37. The van der Waals surface area contributed by atoms with Crippen molar-refractivity contribution < 1.29 is 17.6 Å². The van der Waals surface area contributed by atoms with Crippen molar-refractivity contribution in [3.63, 3.8) is 0 Å². The first kappa shape index (κ1) is 17.1. The van der Waals surface area contributed by atoms with Crippen LogP contribution in [-0.4, -0.2) is 32.2 Å². The zero-order valence-electron chi connectivity index (χ0n) is 12.6. The van der Waals surface area contributed by atoms with Gasteiger partial charge in [-0.25, -0.2) is 12.8 Å². The van der Waals surface area contributed by atoms with Crippen LogP contribution in [0, 0.1) is 5.82 Å². The lowest BCUT2D eigenvalue weighted by Crippen LogP contribution is -2.38. The minimum Gasteiger partial charge on any atom is -0.351 e. The van der Waals surface area contributed by atoms with E-state index in [4.69, 9.17) is 0 Å². The number of sulfonamides is 1. The van der Waals surface area contributed by atoms with Crippen molar-refractivity contribution in [1.29, 1.82) is 0 Å². The molecule has 0 aliphatic rings. The van der Waals surface area contributed by atoms with E-state index in [2.05, 4.69) is 5.32 Å². The Balaban J connectivity index is 1.96. The van der Waals surface area contributed by atoms with E-state index >= 15 is 0 Å². The Morgan fingerprint density at radius 2 is 1.70 bits per heavy atom. The Hall–Kier alpha value is -2.25. The van der Waals surface area contributed by atoms with Crippen LogP contribution < -0.4 is 5.32 Å². The molecule has 0 aliphatic carbocycles. The van der Waals surface area contributed by atoms with Crippen molar-refractivity contribution in [3.05, 3.63) is 66.0 Å². The number of benzene rings is 2. The molecule has 0 heterocycles. The van der Waals surface area contributed by atoms with Crippen LogP contribution >= 0.6 is 0 Å².